The maximum absolute atomic E-state index is 13.2. The first-order valence-electron chi connectivity index (χ1n) is 6.21. The number of rotatable bonds is 6. The zero-order valence-electron chi connectivity index (χ0n) is 11.2. The van der Waals surface area contributed by atoms with Gasteiger partial charge in [-0.25, -0.2) is 12.8 Å². The number of sulfone groups is 1. The molecular formula is C14H17FO4S. The fraction of sp³-hybridized carbons (Fsp3) is 0.429. The van der Waals surface area contributed by atoms with Crippen molar-refractivity contribution in [3.05, 3.63) is 29.6 Å². The van der Waals surface area contributed by atoms with E-state index >= 15 is 0 Å². The summed E-state index contributed by atoms with van der Waals surface area (Å²) in [7, 11) is -3.10. The Bertz CT molecular complexity index is 599. The van der Waals surface area contributed by atoms with E-state index in [-0.39, 0.29) is 31.1 Å². The molecule has 1 rings (SSSR count). The molecule has 1 aromatic rings. The molecule has 0 fully saturated rings. The zero-order valence-corrected chi connectivity index (χ0v) is 12.0. The Kier molecular flexibility index (Phi) is 6.49. The van der Waals surface area contributed by atoms with E-state index in [0.717, 1.165) is 0 Å². The first kappa shape index (κ1) is 16.5. The van der Waals surface area contributed by atoms with Crippen LogP contribution in [0.4, 0.5) is 4.39 Å². The third-order valence-corrected chi connectivity index (χ3v) is 4.16. The van der Waals surface area contributed by atoms with Crippen LogP contribution < -0.4 is 4.74 Å². The Labute approximate surface area is 118 Å². The minimum Gasteiger partial charge on any atom is -0.491 e. The van der Waals surface area contributed by atoms with Gasteiger partial charge in [-0.2, -0.15) is 0 Å². The maximum atomic E-state index is 13.2. The zero-order chi connectivity index (χ0) is 15.0. The van der Waals surface area contributed by atoms with E-state index in [9.17, 15) is 12.8 Å². The van der Waals surface area contributed by atoms with Gasteiger partial charge in [-0.15, -0.1) is 0 Å². The van der Waals surface area contributed by atoms with Gasteiger partial charge < -0.3 is 9.84 Å². The lowest BCUT2D eigenvalue weighted by Crippen LogP contribution is -2.15. The van der Waals surface area contributed by atoms with Gasteiger partial charge in [-0.1, -0.05) is 18.8 Å². The molecule has 0 spiro atoms. The minimum atomic E-state index is -3.10. The number of ether oxygens (including phenoxy) is 1. The number of halogens is 1. The van der Waals surface area contributed by atoms with E-state index in [1.54, 1.807) is 6.92 Å². The van der Waals surface area contributed by atoms with Gasteiger partial charge in [-0.3, -0.25) is 0 Å². The number of benzene rings is 1. The van der Waals surface area contributed by atoms with Gasteiger partial charge >= 0.3 is 0 Å². The molecule has 4 nitrogen and oxygen atoms in total. The smallest absolute Gasteiger partial charge is 0.153 e. The highest BCUT2D eigenvalue weighted by molar-refractivity contribution is 7.91. The standard InChI is InChI=1S/C14H17FO4S/c1-2-20(17,18)10-9-19-14-7-6-13(15)11-12(14)5-3-4-8-16/h6-7,11,16H,2,4,8-10H2,1H3. The molecule has 6 heteroatoms. The molecular weight excluding hydrogens is 283 g/mol. The van der Waals surface area contributed by atoms with Gasteiger partial charge in [0.2, 0.25) is 0 Å². The Balaban J connectivity index is 2.77. The molecule has 0 aromatic heterocycles. The Morgan fingerprint density at radius 1 is 1.40 bits per heavy atom. The summed E-state index contributed by atoms with van der Waals surface area (Å²) in [6.07, 6.45) is 0.278. The lowest BCUT2D eigenvalue weighted by atomic mass is 10.2. The van der Waals surface area contributed by atoms with Crippen LogP contribution in [0.15, 0.2) is 18.2 Å². The molecule has 0 saturated heterocycles. The summed E-state index contributed by atoms with van der Waals surface area (Å²) < 4.78 is 41.2. The van der Waals surface area contributed by atoms with Crippen molar-refractivity contribution in [2.75, 3.05) is 24.7 Å². The highest BCUT2D eigenvalue weighted by atomic mass is 32.2. The molecule has 0 bridgehead atoms. The van der Waals surface area contributed by atoms with Crippen molar-refractivity contribution in [3.63, 3.8) is 0 Å². The molecule has 0 aliphatic heterocycles. The van der Waals surface area contributed by atoms with Crippen molar-refractivity contribution >= 4 is 9.84 Å². The fourth-order valence-corrected chi connectivity index (χ4v) is 1.99. The second kappa shape index (κ2) is 7.88. The normalized spacial score (nSPS) is 10.8. The van der Waals surface area contributed by atoms with Gasteiger partial charge in [-0.05, 0) is 18.2 Å². The SMILES string of the molecule is CCS(=O)(=O)CCOc1ccc(F)cc1C#CCCO. The Hall–Kier alpha value is -1.58. The molecule has 20 heavy (non-hydrogen) atoms. The molecule has 0 heterocycles. The van der Waals surface area contributed by atoms with Crippen LogP contribution in [0.25, 0.3) is 0 Å². The predicted molar refractivity (Wildman–Crippen MR) is 74.8 cm³/mol. The minimum absolute atomic E-state index is 0.00349. The molecule has 0 amide bonds. The highest BCUT2D eigenvalue weighted by Gasteiger charge is 2.09. The molecule has 110 valence electrons. The van der Waals surface area contributed by atoms with Crippen molar-refractivity contribution in [2.24, 2.45) is 0 Å². The van der Waals surface area contributed by atoms with E-state index < -0.39 is 15.7 Å². The number of hydrogen-bond acceptors (Lipinski definition) is 4. The third-order valence-electron chi connectivity index (χ3n) is 2.49. The molecule has 1 aromatic carbocycles. The summed E-state index contributed by atoms with van der Waals surface area (Å²) in [5.74, 6) is 5.21. The average molecular weight is 300 g/mol. The van der Waals surface area contributed by atoms with Crippen molar-refractivity contribution in [3.8, 4) is 17.6 Å². The summed E-state index contributed by atoms with van der Waals surface area (Å²) in [5, 5.41) is 8.65. The monoisotopic (exact) mass is 300 g/mol. The third kappa shape index (κ3) is 5.59. The number of aliphatic hydroxyl groups is 1. The van der Waals surface area contributed by atoms with Crippen LogP contribution in [0.3, 0.4) is 0 Å². The van der Waals surface area contributed by atoms with Crippen LogP contribution in [-0.4, -0.2) is 38.2 Å². The molecule has 0 aliphatic rings. The van der Waals surface area contributed by atoms with Crippen LogP contribution in [0.2, 0.25) is 0 Å². The number of aliphatic hydroxyl groups excluding tert-OH is 1. The first-order valence-corrected chi connectivity index (χ1v) is 8.03. The molecule has 0 atom stereocenters. The van der Waals surface area contributed by atoms with Crippen LogP contribution in [0, 0.1) is 17.7 Å². The van der Waals surface area contributed by atoms with Crippen molar-refractivity contribution < 1.29 is 22.7 Å². The van der Waals surface area contributed by atoms with Crippen LogP contribution >= 0.6 is 0 Å². The van der Waals surface area contributed by atoms with Crippen molar-refractivity contribution in [1.82, 2.24) is 0 Å². The van der Waals surface area contributed by atoms with Crippen LogP contribution in [0.1, 0.15) is 18.9 Å². The van der Waals surface area contributed by atoms with Crippen LogP contribution in [-0.2, 0) is 9.84 Å². The lowest BCUT2D eigenvalue weighted by molar-refractivity contribution is 0.305. The quantitative estimate of drug-likeness (QED) is 0.806. The number of hydrogen-bond donors (Lipinski definition) is 1. The van der Waals surface area contributed by atoms with Crippen molar-refractivity contribution in [2.45, 2.75) is 13.3 Å². The Morgan fingerprint density at radius 3 is 2.80 bits per heavy atom. The highest BCUT2D eigenvalue weighted by Crippen LogP contribution is 2.18. The second-order valence-corrected chi connectivity index (χ2v) is 6.47. The predicted octanol–water partition coefficient (Wildman–Crippen LogP) is 1.37. The molecule has 1 N–H and O–H groups in total. The molecule has 0 aliphatic carbocycles. The van der Waals surface area contributed by atoms with Crippen LogP contribution in [0.5, 0.6) is 5.75 Å². The Morgan fingerprint density at radius 2 is 2.15 bits per heavy atom. The maximum Gasteiger partial charge on any atom is 0.153 e. The summed E-state index contributed by atoms with van der Waals surface area (Å²) in [6.45, 7) is 1.49. The summed E-state index contributed by atoms with van der Waals surface area (Å²) in [4.78, 5) is 0. The second-order valence-electron chi connectivity index (χ2n) is 4.00. The van der Waals surface area contributed by atoms with Gasteiger partial charge in [0.05, 0.1) is 17.9 Å². The summed E-state index contributed by atoms with van der Waals surface area (Å²) >= 11 is 0. The van der Waals surface area contributed by atoms with Gasteiger partial charge in [0.1, 0.15) is 18.2 Å². The lowest BCUT2D eigenvalue weighted by Gasteiger charge is -2.08. The fourth-order valence-electron chi connectivity index (χ4n) is 1.36. The summed E-state index contributed by atoms with van der Waals surface area (Å²) in [5.41, 5.74) is 0.340. The van der Waals surface area contributed by atoms with E-state index in [1.807, 2.05) is 0 Å². The average Bonchev–Trinajstić information content (AvgIpc) is 2.41. The van der Waals surface area contributed by atoms with E-state index in [0.29, 0.717) is 11.3 Å². The van der Waals surface area contributed by atoms with E-state index in [1.165, 1.54) is 18.2 Å². The van der Waals surface area contributed by atoms with Crippen molar-refractivity contribution in [1.29, 1.82) is 0 Å². The topological polar surface area (TPSA) is 63.6 Å². The van der Waals surface area contributed by atoms with E-state index in [4.69, 9.17) is 9.84 Å². The molecule has 0 unspecified atom stereocenters. The first-order chi connectivity index (χ1) is 9.48. The van der Waals surface area contributed by atoms with Gasteiger partial charge in [0.15, 0.2) is 9.84 Å². The van der Waals surface area contributed by atoms with Gasteiger partial charge in [0, 0.05) is 12.2 Å². The molecule has 0 saturated carbocycles. The largest absolute Gasteiger partial charge is 0.491 e. The summed E-state index contributed by atoms with van der Waals surface area (Å²) in [6, 6.07) is 3.85. The van der Waals surface area contributed by atoms with Gasteiger partial charge in [0.25, 0.3) is 0 Å². The van der Waals surface area contributed by atoms with E-state index in [2.05, 4.69) is 11.8 Å². The molecule has 0 radical (unpaired) electrons.